The molecule has 3 rings (SSSR count). The van der Waals surface area contributed by atoms with Crippen LogP contribution in [0.1, 0.15) is 54.4 Å². The van der Waals surface area contributed by atoms with Gasteiger partial charge >= 0.3 is 6.09 Å². The lowest BCUT2D eigenvalue weighted by atomic mass is 9.75. The molecule has 174 valence electrons. The second kappa shape index (κ2) is 10.9. The topological polar surface area (TPSA) is 95.5 Å². The summed E-state index contributed by atoms with van der Waals surface area (Å²) in [6, 6.07) is 12.4. The van der Waals surface area contributed by atoms with Crippen LogP contribution >= 0.6 is 0 Å². The van der Waals surface area contributed by atoms with Crippen LogP contribution in [-0.2, 0) is 29.3 Å². The van der Waals surface area contributed by atoms with Crippen molar-refractivity contribution in [2.45, 2.75) is 57.4 Å². The minimum atomic E-state index is -3.21. The molecule has 1 amide bonds. The van der Waals surface area contributed by atoms with Gasteiger partial charge in [0, 0.05) is 18.5 Å². The highest BCUT2D eigenvalue weighted by Gasteiger charge is 2.31. The molecule has 0 aliphatic heterocycles. The number of hydrogen-bond donors (Lipinski definition) is 3. The maximum Gasteiger partial charge on any atom is 0.404 e. The van der Waals surface area contributed by atoms with Crippen LogP contribution in [0.15, 0.2) is 42.5 Å². The Labute approximate surface area is 189 Å². The molecule has 2 aromatic carbocycles. The van der Waals surface area contributed by atoms with Gasteiger partial charge in [0.15, 0.2) is 0 Å². The maximum absolute atomic E-state index is 13.7. The normalized spacial score (nSPS) is 18.2. The van der Waals surface area contributed by atoms with Crippen LogP contribution in [0.3, 0.4) is 0 Å². The molecule has 0 spiro atoms. The summed E-state index contributed by atoms with van der Waals surface area (Å²) in [7, 11) is -3.21. The molecule has 0 aromatic heterocycles. The predicted molar refractivity (Wildman–Crippen MR) is 123 cm³/mol. The molecule has 0 bridgehead atoms. The summed E-state index contributed by atoms with van der Waals surface area (Å²) in [5.41, 5.74) is 4.18. The lowest BCUT2D eigenvalue weighted by Crippen LogP contribution is -2.42. The number of carboxylic acid groups (broad SMARTS) is 1. The average molecular weight is 463 g/mol. The summed E-state index contributed by atoms with van der Waals surface area (Å²) < 4.78 is 40.0. The van der Waals surface area contributed by atoms with E-state index in [9.17, 15) is 22.7 Å². The number of hydrogen-bond acceptors (Lipinski definition) is 3. The molecule has 2 atom stereocenters. The van der Waals surface area contributed by atoms with Gasteiger partial charge in [-0.3, -0.25) is 0 Å². The zero-order chi connectivity index (χ0) is 23.1. The van der Waals surface area contributed by atoms with Crippen LogP contribution in [0, 0.1) is 5.82 Å². The van der Waals surface area contributed by atoms with Gasteiger partial charge in [-0.1, -0.05) is 37.3 Å². The van der Waals surface area contributed by atoms with E-state index in [0.717, 1.165) is 23.1 Å². The third kappa shape index (κ3) is 6.77. The highest BCUT2D eigenvalue weighted by molar-refractivity contribution is 7.89. The van der Waals surface area contributed by atoms with E-state index in [4.69, 9.17) is 0 Å². The molecule has 0 fully saturated rings. The third-order valence-electron chi connectivity index (χ3n) is 5.91. The Morgan fingerprint density at radius 1 is 1.19 bits per heavy atom. The second-order valence-corrected chi connectivity index (χ2v) is 10.3. The Bertz CT molecular complexity index is 1040. The number of sulfonamides is 1. The molecule has 0 saturated heterocycles. The molecule has 3 N–H and O–H groups in total. The van der Waals surface area contributed by atoms with Crippen molar-refractivity contribution in [1.29, 1.82) is 0 Å². The summed E-state index contributed by atoms with van der Waals surface area (Å²) in [5.74, 6) is -0.272. The number of rotatable bonds is 10. The van der Waals surface area contributed by atoms with Gasteiger partial charge in [-0.2, -0.15) is 0 Å². The van der Waals surface area contributed by atoms with Crippen LogP contribution in [0.25, 0.3) is 0 Å². The first kappa shape index (κ1) is 24.2. The van der Waals surface area contributed by atoms with Gasteiger partial charge in [-0.05, 0) is 72.9 Å². The van der Waals surface area contributed by atoms with Gasteiger partial charge in [0.25, 0.3) is 0 Å². The molecular weight excluding hydrogens is 431 g/mol. The number of halogens is 1. The first-order valence-electron chi connectivity index (χ1n) is 11.1. The SMILES string of the molecule is CCCS(=O)(=O)NCCCc1ccc2c(c1)C(Cc1cccc(F)c1)C(NC(=O)O)CC2. The van der Waals surface area contributed by atoms with E-state index in [1.165, 1.54) is 17.7 Å². The number of benzene rings is 2. The lowest BCUT2D eigenvalue weighted by Gasteiger charge is -2.34. The molecule has 1 aliphatic rings. The fourth-order valence-corrected chi connectivity index (χ4v) is 5.60. The van der Waals surface area contributed by atoms with Crippen molar-refractivity contribution in [3.8, 4) is 0 Å². The fourth-order valence-electron chi connectivity index (χ4n) is 4.46. The maximum atomic E-state index is 13.7. The first-order chi connectivity index (χ1) is 15.3. The molecule has 8 heteroatoms. The van der Waals surface area contributed by atoms with Crippen LogP contribution < -0.4 is 10.0 Å². The molecule has 0 radical (unpaired) electrons. The van der Waals surface area contributed by atoms with Crippen molar-refractivity contribution in [2.75, 3.05) is 12.3 Å². The van der Waals surface area contributed by atoms with E-state index in [-0.39, 0.29) is 23.5 Å². The zero-order valence-corrected chi connectivity index (χ0v) is 19.1. The number of fused-ring (bicyclic) bond motifs is 1. The van der Waals surface area contributed by atoms with Gasteiger partial charge in [-0.25, -0.2) is 22.3 Å². The molecule has 2 aromatic rings. The highest BCUT2D eigenvalue weighted by Crippen LogP contribution is 2.35. The van der Waals surface area contributed by atoms with Crippen LogP contribution in [-0.4, -0.2) is 38.0 Å². The predicted octanol–water partition coefficient (Wildman–Crippen LogP) is 4.00. The Morgan fingerprint density at radius 2 is 2.00 bits per heavy atom. The molecule has 0 saturated carbocycles. The number of nitrogens with one attached hydrogen (secondary N) is 2. The summed E-state index contributed by atoms with van der Waals surface area (Å²) in [6.07, 6.45) is 2.92. The highest BCUT2D eigenvalue weighted by atomic mass is 32.2. The Balaban J connectivity index is 1.76. The molecule has 1 aliphatic carbocycles. The van der Waals surface area contributed by atoms with Gasteiger partial charge in [-0.15, -0.1) is 0 Å². The number of amides is 1. The molecule has 0 heterocycles. The summed E-state index contributed by atoms with van der Waals surface area (Å²) in [5, 5.41) is 12.0. The van der Waals surface area contributed by atoms with Gasteiger partial charge < -0.3 is 10.4 Å². The third-order valence-corrected chi connectivity index (χ3v) is 7.50. The minimum Gasteiger partial charge on any atom is -0.465 e. The molecule has 6 nitrogen and oxygen atoms in total. The number of aryl methyl sites for hydroxylation is 2. The zero-order valence-electron chi connectivity index (χ0n) is 18.3. The van der Waals surface area contributed by atoms with Gasteiger partial charge in [0.05, 0.1) is 5.75 Å². The van der Waals surface area contributed by atoms with Gasteiger partial charge in [0.2, 0.25) is 10.0 Å². The van der Waals surface area contributed by atoms with Crippen molar-refractivity contribution in [2.24, 2.45) is 0 Å². The van der Waals surface area contributed by atoms with Crippen molar-refractivity contribution >= 4 is 16.1 Å². The second-order valence-electron chi connectivity index (χ2n) is 8.39. The van der Waals surface area contributed by atoms with E-state index in [1.807, 2.05) is 13.0 Å². The fraction of sp³-hybridized carbons (Fsp3) is 0.458. The van der Waals surface area contributed by atoms with E-state index < -0.39 is 16.1 Å². The Morgan fingerprint density at radius 3 is 2.72 bits per heavy atom. The van der Waals surface area contributed by atoms with Crippen molar-refractivity contribution in [1.82, 2.24) is 10.0 Å². The Kier molecular flexibility index (Phi) is 8.26. The smallest absolute Gasteiger partial charge is 0.404 e. The van der Waals surface area contributed by atoms with E-state index in [0.29, 0.717) is 38.6 Å². The van der Waals surface area contributed by atoms with Crippen LogP contribution in [0.5, 0.6) is 0 Å². The van der Waals surface area contributed by atoms with E-state index in [2.05, 4.69) is 28.2 Å². The average Bonchev–Trinajstić information content (AvgIpc) is 2.72. The van der Waals surface area contributed by atoms with Crippen molar-refractivity contribution in [3.05, 3.63) is 70.5 Å². The number of carbonyl (C=O) groups is 1. The van der Waals surface area contributed by atoms with E-state index >= 15 is 0 Å². The quantitative estimate of drug-likeness (QED) is 0.465. The van der Waals surface area contributed by atoms with E-state index in [1.54, 1.807) is 6.07 Å². The van der Waals surface area contributed by atoms with Gasteiger partial charge in [0.1, 0.15) is 5.82 Å². The standard InChI is InChI=1S/C24H31FN2O4S/c1-2-13-32(30,31)26-12-4-6-17-8-9-19-10-11-23(27-24(28)29)22(21(19)15-17)16-18-5-3-7-20(25)14-18/h3,5,7-9,14-15,22-23,26-27H,2,4,6,10-13,16H2,1H3,(H,28,29). The summed E-state index contributed by atoms with van der Waals surface area (Å²) >= 11 is 0. The largest absolute Gasteiger partial charge is 0.465 e. The van der Waals surface area contributed by atoms with Crippen LogP contribution in [0.2, 0.25) is 0 Å². The lowest BCUT2D eigenvalue weighted by molar-refractivity contribution is 0.185. The molecule has 32 heavy (non-hydrogen) atoms. The molecular formula is C24H31FN2O4S. The first-order valence-corrected chi connectivity index (χ1v) is 12.8. The summed E-state index contributed by atoms with van der Waals surface area (Å²) in [6.45, 7) is 2.22. The van der Waals surface area contributed by atoms with Crippen molar-refractivity contribution < 1.29 is 22.7 Å². The van der Waals surface area contributed by atoms with Crippen LogP contribution in [0.4, 0.5) is 9.18 Å². The Hall–Kier alpha value is -2.45. The minimum absolute atomic E-state index is 0.0975. The summed E-state index contributed by atoms with van der Waals surface area (Å²) in [4.78, 5) is 11.4. The monoisotopic (exact) mass is 462 g/mol. The molecule has 2 unspecified atom stereocenters. The van der Waals surface area contributed by atoms with Crippen molar-refractivity contribution in [3.63, 3.8) is 0 Å².